The molecule has 0 amide bonds. The van der Waals surface area contributed by atoms with Gasteiger partial charge in [0, 0.05) is 0 Å². The lowest BCUT2D eigenvalue weighted by molar-refractivity contribution is 0.400. The summed E-state index contributed by atoms with van der Waals surface area (Å²) in [7, 11) is 0. The van der Waals surface area contributed by atoms with Crippen LogP contribution >= 0.6 is 11.6 Å². The van der Waals surface area contributed by atoms with Gasteiger partial charge in [0.1, 0.15) is 12.0 Å². The Balaban J connectivity index is 2.70. The van der Waals surface area contributed by atoms with Crippen LogP contribution in [0.4, 0.5) is 8.78 Å². The molecule has 3 heteroatoms. The maximum atomic E-state index is 12.3. The molecule has 1 rings (SSSR count). The molecule has 0 saturated carbocycles. The second-order valence-electron chi connectivity index (χ2n) is 1.80. The third-order valence-corrected chi connectivity index (χ3v) is 1.43. The van der Waals surface area contributed by atoms with Crippen LogP contribution in [0, 0.1) is 0 Å². The zero-order valence-electron chi connectivity index (χ0n) is 4.52. The highest BCUT2D eigenvalue weighted by atomic mass is 35.5. The third-order valence-electron chi connectivity index (χ3n) is 1.06. The largest absolute Gasteiger partial charge is 0.241 e. The Morgan fingerprint density at radius 3 is 2.67 bits per heavy atom. The maximum Gasteiger partial charge on any atom is 0.139 e. The van der Waals surface area contributed by atoms with E-state index < -0.39 is 17.4 Å². The average molecular weight is 151 g/mol. The number of hydrogen-bond acceptors (Lipinski definition) is 0. The standard InChI is InChI=1S/C6H5ClF2/c7-5-3-4(8)1-2-6(5)9/h1-3,5-6H. The minimum absolute atomic E-state index is 0.469. The summed E-state index contributed by atoms with van der Waals surface area (Å²) >= 11 is 5.32. The zero-order valence-corrected chi connectivity index (χ0v) is 5.28. The lowest BCUT2D eigenvalue weighted by Crippen LogP contribution is -2.13. The van der Waals surface area contributed by atoms with Gasteiger partial charge in [-0.1, -0.05) is 0 Å². The highest BCUT2D eigenvalue weighted by molar-refractivity contribution is 6.22. The first-order chi connectivity index (χ1) is 4.20. The van der Waals surface area contributed by atoms with Crippen LogP contribution in [0.2, 0.25) is 0 Å². The number of halogens is 3. The van der Waals surface area contributed by atoms with Crippen LogP contribution < -0.4 is 0 Å². The number of hydrogen-bond donors (Lipinski definition) is 0. The van der Waals surface area contributed by atoms with E-state index in [0.717, 1.165) is 18.2 Å². The van der Waals surface area contributed by atoms with E-state index in [1.165, 1.54) is 0 Å². The van der Waals surface area contributed by atoms with E-state index in [9.17, 15) is 8.78 Å². The van der Waals surface area contributed by atoms with E-state index in [1.54, 1.807) is 0 Å². The molecule has 2 unspecified atom stereocenters. The molecule has 0 saturated heterocycles. The van der Waals surface area contributed by atoms with Crippen molar-refractivity contribution >= 4 is 11.6 Å². The van der Waals surface area contributed by atoms with E-state index >= 15 is 0 Å². The van der Waals surface area contributed by atoms with Crippen LogP contribution in [-0.2, 0) is 0 Å². The monoisotopic (exact) mass is 150 g/mol. The van der Waals surface area contributed by atoms with Crippen LogP contribution in [0.5, 0.6) is 0 Å². The second-order valence-corrected chi connectivity index (χ2v) is 2.30. The Morgan fingerprint density at radius 2 is 2.22 bits per heavy atom. The lowest BCUT2D eigenvalue weighted by atomic mass is 10.1. The molecule has 0 aliphatic heterocycles. The van der Waals surface area contributed by atoms with Gasteiger partial charge in [0.05, 0.1) is 5.38 Å². The van der Waals surface area contributed by atoms with Crippen molar-refractivity contribution in [3.05, 3.63) is 24.1 Å². The first-order valence-corrected chi connectivity index (χ1v) is 2.97. The topological polar surface area (TPSA) is 0 Å². The molecule has 0 heterocycles. The molecule has 0 radical (unpaired) electrons. The minimum atomic E-state index is -1.24. The predicted octanol–water partition coefficient (Wildman–Crippen LogP) is 2.36. The van der Waals surface area contributed by atoms with E-state index in [0.29, 0.717) is 0 Å². The molecule has 0 aromatic rings. The van der Waals surface area contributed by atoms with Crippen molar-refractivity contribution in [2.24, 2.45) is 0 Å². The Bertz CT molecular complexity index is 162. The van der Waals surface area contributed by atoms with Crippen LogP contribution in [0.25, 0.3) is 0 Å². The Kier molecular flexibility index (Phi) is 1.86. The highest BCUT2D eigenvalue weighted by Crippen LogP contribution is 2.18. The van der Waals surface area contributed by atoms with Gasteiger partial charge in [0.2, 0.25) is 0 Å². The van der Waals surface area contributed by atoms with Crippen LogP contribution in [0.1, 0.15) is 0 Å². The van der Waals surface area contributed by atoms with Crippen molar-refractivity contribution in [2.75, 3.05) is 0 Å². The summed E-state index contributed by atoms with van der Waals surface area (Å²) in [4.78, 5) is 0. The van der Waals surface area contributed by atoms with Crippen molar-refractivity contribution < 1.29 is 8.78 Å². The molecule has 0 aromatic carbocycles. The summed E-state index contributed by atoms with van der Waals surface area (Å²) < 4.78 is 24.5. The van der Waals surface area contributed by atoms with Gasteiger partial charge in [-0.05, 0) is 18.2 Å². The summed E-state index contributed by atoms with van der Waals surface area (Å²) in [6.07, 6.45) is 1.98. The van der Waals surface area contributed by atoms with Gasteiger partial charge in [0.25, 0.3) is 0 Å². The van der Waals surface area contributed by atoms with E-state index in [2.05, 4.69) is 0 Å². The highest BCUT2D eigenvalue weighted by Gasteiger charge is 2.16. The van der Waals surface area contributed by atoms with Crippen molar-refractivity contribution in [3.8, 4) is 0 Å². The molecule has 2 atom stereocenters. The quantitative estimate of drug-likeness (QED) is 0.465. The Hall–Kier alpha value is -0.370. The van der Waals surface area contributed by atoms with Crippen molar-refractivity contribution in [1.29, 1.82) is 0 Å². The van der Waals surface area contributed by atoms with Gasteiger partial charge in [-0.25, -0.2) is 8.78 Å². The van der Waals surface area contributed by atoms with Crippen LogP contribution in [-0.4, -0.2) is 11.5 Å². The number of allylic oxidation sites excluding steroid dienone is 4. The SMILES string of the molecule is FC1=CC(Cl)C(F)C=C1. The average Bonchev–Trinajstić information content (AvgIpc) is 1.80. The van der Waals surface area contributed by atoms with Gasteiger partial charge in [-0.15, -0.1) is 11.6 Å². The van der Waals surface area contributed by atoms with Crippen LogP contribution in [0.3, 0.4) is 0 Å². The zero-order chi connectivity index (χ0) is 6.85. The molecule has 0 fully saturated rings. The van der Waals surface area contributed by atoms with Crippen molar-refractivity contribution in [1.82, 2.24) is 0 Å². The van der Waals surface area contributed by atoms with E-state index in [-0.39, 0.29) is 0 Å². The van der Waals surface area contributed by atoms with Crippen molar-refractivity contribution in [2.45, 2.75) is 11.5 Å². The van der Waals surface area contributed by atoms with Crippen molar-refractivity contribution in [3.63, 3.8) is 0 Å². The second kappa shape index (κ2) is 2.48. The fourth-order valence-corrected chi connectivity index (χ4v) is 0.794. The summed E-state index contributed by atoms with van der Waals surface area (Å²) in [5.41, 5.74) is 0. The third kappa shape index (κ3) is 1.52. The summed E-state index contributed by atoms with van der Waals surface area (Å²) in [5, 5.41) is -0.838. The molecule has 0 bridgehead atoms. The molecule has 1 aliphatic rings. The van der Waals surface area contributed by atoms with E-state index in [1.807, 2.05) is 0 Å². The molecule has 0 N–H and O–H groups in total. The fourth-order valence-electron chi connectivity index (χ4n) is 0.590. The summed E-state index contributed by atoms with van der Waals surface area (Å²) in [6.45, 7) is 0. The van der Waals surface area contributed by atoms with E-state index in [4.69, 9.17) is 11.6 Å². The minimum Gasteiger partial charge on any atom is -0.241 e. The van der Waals surface area contributed by atoms with Gasteiger partial charge in [-0.3, -0.25) is 0 Å². The summed E-state index contributed by atoms with van der Waals surface area (Å²) in [6, 6.07) is 0. The Morgan fingerprint density at radius 1 is 1.56 bits per heavy atom. The molecule has 9 heavy (non-hydrogen) atoms. The van der Waals surface area contributed by atoms with Gasteiger partial charge >= 0.3 is 0 Å². The molecule has 1 aliphatic carbocycles. The molecule has 0 aromatic heterocycles. The predicted molar refractivity (Wildman–Crippen MR) is 32.9 cm³/mol. The fraction of sp³-hybridized carbons (Fsp3) is 0.333. The molecular weight excluding hydrogens is 146 g/mol. The van der Waals surface area contributed by atoms with Gasteiger partial charge < -0.3 is 0 Å². The summed E-state index contributed by atoms with van der Waals surface area (Å²) in [5.74, 6) is -0.469. The first kappa shape index (κ1) is 6.75. The molecule has 50 valence electrons. The maximum absolute atomic E-state index is 12.3. The normalized spacial score (nSPS) is 34.3. The molecule has 0 spiro atoms. The van der Waals surface area contributed by atoms with Gasteiger partial charge in [-0.2, -0.15) is 0 Å². The lowest BCUT2D eigenvalue weighted by Gasteiger charge is -2.09. The van der Waals surface area contributed by atoms with Gasteiger partial charge in [0.15, 0.2) is 0 Å². The number of alkyl halides is 2. The molecule has 0 nitrogen and oxygen atoms in total. The smallest absolute Gasteiger partial charge is 0.139 e. The van der Waals surface area contributed by atoms with Crippen LogP contribution in [0.15, 0.2) is 24.1 Å². The number of rotatable bonds is 0. The first-order valence-electron chi connectivity index (χ1n) is 2.54. The molecular formula is C6H5ClF2. The Labute approximate surface area is 56.8 Å².